The van der Waals surface area contributed by atoms with Crippen LogP contribution in [-0.2, 0) is 0 Å². The highest BCUT2D eigenvalue weighted by atomic mass is 79.9. The quantitative estimate of drug-likeness (QED) is 0.344. The molecule has 0 saturated heterocycles. The van der Waals surface area contributed by atoms with Gasteiger partial charge in [0.1, 0.15) is 0 Å². The van der Waals surface area contributed by atoms with Gasteiger partial charge in [0.2, 0.25) is 0 Å². The molecule has 3 aromatic heterocycles. The first-order chi connectivity index (χ1) is 12.3. The monoisotopic (exact) mass is 385 g/mol. The second-order valence-corrected chi connectivity index (χ2v) is 6.86. The van der Waals surface area contributed by atoms with Gasteiger partial charge < -0.3 is 0 Å². The normalized spacial score (nSPS) is 11.4. The van der Waals surface area contributed by atoms with Gasteiger partial charge in [0.15, 0.2) is 0 Å². The van der Waals surface area contributed by atoms with Crippen molar-refractivity contribution >= 4 is 48.6 Å². The van der Waals surface area contributed by atoms with Crippen LogP contribution >= 0.6 is 15.9 Å². The first-order valence-corrected chi connectivity index (χ1v) is 8.78. The van der Waals surface area contributed by atoms with Crippen molar-refractivity contribution in [2.75, 3.05) is 0 Å². The van der Waals surface area contributed by atoms with Crippen LogP contribution in [0.3, 0.4) is 0 Å². The van der Waals surface area contributed by atoms with Crippen LogP contribution in [0.5, 0.6) is 0 Å². The number of benzene rings is 2. The molecule has 0 unspecified atom stereocenters. The van der Waals surface area contributed by atoms with Gasteiger partial charge in [-0.25, -0.2) is 9.97 Å². The van der Waals surface area contributed by atoms with Crippen molar-refractivity contribution in [2.45, 2.75) is 0 Å². The zero-order valence-electron chi connectivity index (χ0n) is 13.1. The Morgan fingerprint density at radius 1 is 0.640 bits per heavy atom. The smallest absolute Gasteiger partial charge is 0.0972 e. The van der Waals surface area contributed by atoms with E-state index < -0.39 is 0 Å². The van der Waals surface area contributed by atoms with Gasteiger partial charge in [-0.05, 0) is 36.4 Å². The summed E-state index contributed by atoms with van der Waals surface area (Å²) in [6.45, 7) is 0. The van der Waals surface area contributed by atoms with Crippen LogP contribution in [0, 0.1) is 0 Å². The molecule has 0 aliphatic heterocycles. The Balaban J connectivity index is 1.74. The van der Waals surface area contributed by atoms with Crippen molar-refractivity contribution < 1.29 is 0 Å². The van der Waals surface area contributed by atoms with Crippen molar-refractivity contribution in [3.05, 3.63) is 77.4 Å². The number of hydrogen-bond donors (Lipinski definition) is 0. The number of fused-ring (bicyclic) bond motifs is 4. The minimum atomic E-state index is 0.857. The van der Waals surface area contributed by atoms with E-state index in [9.17, 15) is 0 Å². The number of halogens is 1. The summed E-state index contributed by atoms with van der Waals surface area (Å²) < 4.78 is 1.05. The third-order valence-electron chi connectivity index (χ3n) is 4.35. The van der Waals surface area contributed by atoms with Crippen LogP contribution in [-0.4, -0.2) is 15.0 Å². The highest BCUT2D eigenvalue weighted by Gasteiger charge is 2.08. The fourth-order valence-corrected chi connectivity index (χ4v) is 3.48. The minimum absolute atomic E-state index is 0.857. The molecule has 0 aliphatic carbocycles. The Kier molecular flexibility index (Phi) is 3.25. The van der Waals surface area contributed by atoms with E-state index in [1.165, 1.54) is 0 Å². The molecule has 0 N–H and O–H groups in total. The van der Waals surface area contributed by atoms with E-state index in [0.717, 1.165) is 48.6 Å². The molecule has 118 valence electrons. The zero-order valence-corrected chi connectivity index (χ0v) is 14.7. The van der Waals surface area contributed by atoms with Crippen LogP contribution < -0.4 is 0 Å². The van der Waals surface area contributed by atoms with Crippen molar-refractivity contribution in [1.82, 2.24) is 15.0 Å². The van der Waals surface area contributed by atoms with Crippen molar-refractivity contribution in [1.29, 1.82) is 0 Å². The lowest BCUT2D eigenvalue weighted by Gasteiger charge is -2.06. The molecule has 0 radical (unpaired) electrons. The standard InChI is InChI=1S/C21H12BrN3/c22-16-7-10-17-15(12-16)6-9-18(24-17)19-8-5-14-4-3-13-2-1-11-23-20(13)21(14)25-19/h1-12H. The van der Waals surface area contributed by atoms with Gasteiger partial charge in [-0.15, -0.1) is 0 Å². The average Bonchev–Trinajstić information content (AvgIpc) is 2.67. The van der Waals surface area contributed by atoms with Crippen LogP contribution in [0.15, 0.2) is 77.4 Å². The lowest BCUT2D eigenvalue weighted by atomic mass is 10.1. The van der Waals surface area contributed by atoms with E-state index in [1.54, 1.807) is 0 Å². The molecule has 0 saturated carbocycles. The summed E-state index contributed by atoms with van der Waals surface area (Å²) >= 11 is 3.50. The molecular formula is C21H12BrN3. The largest absolute Gasteiger partial charge is 0.254 e. The summed E-state index contributed by atoms with van der Waals surface area (Å²) in [4.78, 5) is 14.1. The maximum atomic E-state index is 4.86. The van der Waals surface area contributed by atoms with Gasteiger partial charge >= 0.3 is 0 Å². The molecule has 0 amide bonds. The van der Waals surface area contributed by atoms with Gasteiger partial charge in [-0.2, -0.15) is 0 Å². The minimum Gasteiger partial charge on any atom is -0.254 e. The summed E-state index contributed by atoms with van der Waals surface area (Å²) in [7, 11) is 0. The van der Waals surface area contributed by atoms with Gasteiger partial charge in [0.05, 0.1) is 27.9 Å². The molecule has 5 aromatic rings. The Morgan fingerprint density at radius 2 is 1.36 bits per heavy atom. The molecule has 3 heterocycles. The predicted octanol–water partition coefficient (Wildman–Crippen LogP) is 5.76. The van der Waals surface area contributed by atoms with E-state index >= 15 is 0 Å². The Morgan fingerprint density at radius 3 is 2.24 bits per heavy atom. The lowest BCUT2D eigenvalue weighted by Crippen LogP contribution is -1.91. The molecular weight excluding hydrogens is 374 g/mol. The molecule has 0 atom stereocenters. The van der Waals surface area contributed by atoms with Crippen molar-refractivity contribution in [3.63, 3.8) is 0 Å². The highest BCUT2D eigenvalue weighted by Crippen LogP contribution is 2.27. The van der Waals surface area contributed by atoms with Crippen molar-refractivity contribution in [3.8, 4) is 11.4 Å². The summed E-state index contributed by atoms with van der Waals surface area (Å²) in [5, 5.41) is 3.28. The van der Waals surface area contributed by atoms with E-state index in [4.69, 9.17) is 9.97 Å². The summed E-state index contributed by atoms with van der Waals surface area (Å²) in [5.74, 6) is 0. The third-order valence-corrected chi connectivity index (χ3v) is 4.84. The van der Waals surface area contributed by atoms with Crippen LogP contribution in [0.4, 0.5) is 0 Å². The van der Waals surface area contributed by atoms with Crippen LogP contribution in [0.25, 0.3) is 44.1 Å². The summed E-state index contributed by atoms with van der Waals surface area (Å²) in [6, 6.07) is 22.5. The van der Waals surface area contributed by atoms with Gasteiger partial charge in [-0.1, -0.05) is 46.3 Å². The summed E-state index contributed by atoms with van der Waals surface area (Å²) in [5.41, 5.74) is 4.51. The van der Waals surface area contributed by atoms with E-state index in [1.807, 2.05) is 36.5 Å². The molecule has 0 aliphatic rings. The zero-order chi connectivity index (χ0) is 16.8. The average molecular weight is 386 g/mol. The molecule has 4 heteroatoms. The van der Waals surface area contributed by atoms with Gasteiger partial charge in [0, 0.05) is 26.8 Å². The molecule has 0 bridgehead atoms. The topological polar surface area (TPSA) is 38.7 Å². The molecule has 25 heavy (non-hydrogen) atoms. The Hall–Kier alpha value is -2.85. The Labute approximate surface area is 152 Å². The molecule has 3 nitrogen and oxygen atoms in total. The van der Waals surface area contributed by atoms with E-state index in [-0.39, 0.29) is 0 Å². The number of rotatable bonds is 1. The van der Waals surface area contributed by atoms with E-state index in [2.05, 4.69) is 57.3 Å². The first kappa shape index (κ1) is 14.5. The fourth-order valence-electron chi connectivity index (χ4n) is 3.11. The first-order valence-electron chi connectivity index (χ1n) is 7.99. The molecule has 0 fully saturated rings. The number of hydrogen-bond acceptors (Lipinski definition) is 3. The van der Waals surface area contributed by atoms with E-state index in [0.29, 0.717) is 0 Å². The van der Waals surface area contributed by atoms with Gasteiger partial charge in [-0.3, -0.25) is 4.98 Å². The van der Waals surface area contributed by atoms with Crippen LogP contribution in [0.2, 0.25) is 0 Å². The molecule has 0 spiro atoms. The lowest BCUT2D eigenvalue weighted by molar-refractivity contribution is 1.31. The second kappa shape index (κ2) is 5.60. The molecule has 2 aromatic carbocycles. The number of aromatic nitrogens is 3. The van der Waals surface area contributed by atoms with Crippen LogP contribution in [0.1, 0.15) is 0 Å². The third kappa shape index (κ3) is 2.46. The fraction of sp³-hybridized carbons (Fsp3) is 0. The SMILES string of the molecule is Brc1ccc2nc(-c3ccc4ccc5cccnc5c4n3)ccc2c1. The number of nitrogens with zero attached hydrogens (tertiary/aromatic N) is 3. The van der Waals surface area contributed by atoms with Gasteiger partial charge in [0.25, 0.3) is 0 Å². The maximum Gasteiger partial charge on any atom is 0.0972 e. The Bertz CT molecular complexity index is 1260. The highest BCUT2D eigenvalue weighted by molar-refractivity contribution is 9.10. The second-order valence-electron chi connectivity index (χ2n) is 5.94. The predicted molar refractivity (Wildman–Crippen MR) is 105 cm³/mol. The summed E-state index contributed by atoms with van der Waals surface area (Å²) in [6.07, 6.45) is 1.81. The molecule has 5 rings (SSSR count). The van der Waals surface area contributed by atoms with Crippen molar-refractivity contribution in [2.24, 2.45) is 0 Å². The number of pyridine rings is 3. The maximum absolute atomic E-state index is 4.86.